The lowest BCUT2D eigenvalue weighted by molar-refractivity contribution is 0.414. The molecule has 0 unspecified atom stereocenters. The monoisotopic (exact) mass is 305 g/mol. The molecule has 112 valence electrons. The van der Waals surface area contributed by atoms with Gasteiger partial charge in [0.1, 0.15) is 5.75 Å². The average molecular weight is 305 g/mol. The molecule has 0 saturated heterocycles. The van der Waals surface area contributed by atoms with Gasteiger partial charge in [0.2, 0.25) is 0 Å². The molecule has 1 N–H and O–H groups in total. The third kappa shape index (κ3) is 3.98. The molecule has 0 spiro atoms. The van der Waals surface area contributed by atoms with Crippen LogP contribution in [0.1, 0.15) is 11.1 Å². The molecule has 2 aromatic carbocycles. The Bertz CT molecular complexity index is 739. The van der Waals surface area contributed by atoms with Crippen LogP contribution >= 0.6 is 0 Å². The maximum atomic E-state index is 11.6. The molecule has 0 radical (unpaired) electrons. The van der Waals surface area contributed by atoms with E-state index in [2.05, 4.69) is 5.32 Å². The van der Waals surface area contributed by atoms with Crippen LogP contribution in [0.2, 0.25) is 0 Å². The minimum absolute atomic E-state index is 0.321. The van der Waals surface area contributed by atoms with E-state index in [0.717, 1.165) is 22.6 Å². The van der Waals surface area contributed by atoms with Crippen molar-refractivity contribution in [3.05, 3.63) is 53.6 Å². The number of hydrogen-bond donors (Lipinski definition) is 1. The van der Waals surface area contributed by atoms with Gasteiger partial charge in [0.15, 0.2) is 9.84 Å². The number of ether oxygens (including phenoxy) is 1. The summed E-state index contributed by atoms with van der Waals surface area (Å²) in [4.78, 5) is 0.321. The number of nitrogens with one attached hydrogen (secondary N) is 1. The maximum absolute atomic E-state index is 11.6. The summed E-state index contributed by atoms with van der Waals surface area (Å²) in [5, 5.41) is 3.27. The number of benzene rings is 2. The van der Waals surface area contributed by atoms with E-state index in [0.29, 0.717) is 11.4 Å². The van der Waals surface area contributed by atoms with Crippen molar-refractivity contribution in [1.29, 1.82) is 0 Å². The van der Waals surface area contributed by atoms with Gasteiger partial charge in [-0.2, -0.15) is 0 Å². The van der Waals surface area contributed by atoms with Gasteiger partial charge in [-0.05, 0) is 42.3 Å². The molecule has 0 aliphatic heterocycles. The van der Waals surface area contributed by atoms with E-state index in [9.17, 15) is 8.42 Å². The van der Waals surface area contributed by atoms with Gasteiger partial charge >= 0.3 is 0 Å². The summed E-state index contributed by atoms with van der Waals surface area (Å²) in [6, 6.07) is 12.9. The average Bonchev–Trinajstić information content (AvgIpc) is 2.45. The summed E-state index contributed by atoms with van der Waals surface area (Å²) in [5.74, 6) is 0.802. The van der Waals surface area contributed by atoms with Crippen LogP contribution in [0, 0.1) is 6.92 Å². The molecule has 21 heavy (non-hydrogen) atoms. The van der Waals surface area contributed by atoms with Crippen LogP contribution < -0.4 is 10.1 Å². The Morgan fingerprint density at radius 1 is 1.14 bits per heavy atom. The van der Waals surface area contributed by atoms with Crippen molar-refractivity contribution in [2.24, 2.45) is 0 Å². The Balaban J connectivity index is 2.19. The van der Waals surface area contributed by atoms with Crippen LogP contribution in [-0.2, 0) is 16.4 Å². The van der Waals surface area contributed by atoms with Crippen LogP contribution in [0.3, 0.4) is 0 Å². The molecule has 2 rings (SSSR count). The fraction of sp³-hybridized carbons (Fsp3) is 0.250. The first-order chi connectivity index (χ1) is 9.90. The fourth-order valence-corrected chi connectivity index (χ4v) is 2.65. The van der Waals surface area contributed by atoms with Gasteiger partial charge in [-0.3, -0.25) is 0 Å². The number of sulfone groups is 1. The lowest BCUT2D eigenvalue weighted by atomic mass is 10.1. The van der Waals surface area contributed by atoms with Crippen molar-refractivity contribution >= 4 is 15.5 Å². The van der Waals surface area contributed by atoms with Crippen molar-refractivity contribution in [3.63, 3.8) is 0 Å². The second-order valence-electron chi connectivity index (χ2n) is 4.95. The van der Waals surface area contributed by atoms with Crippen molar-refractivity contribution in [2.45, 2.75) is 18.4 Å². The molecule has 4 nitrogen and oxygen atoms in total. The van der Waals surface area contributed by atoms with Crippen LogP contribution in [0.5, 0.6) is 5.75 Å². The molecule has 0 aromatic heterocycles. The van der Waals surface area contributed by atoms with Crippen LogP contribution in [-0.4, -0.2) is 21.8 Å². The van der Waals surface area contributed by atoms with Gasteiger partial charge < -0.3 is 10.1 Å². The Morgan fingerprint density at radius 3 is 2.57 bits per heavy atom. The van der Waals surface area contributed by atoms with Gasteiger partial charge in [0.05, 0.1) is 12.0 Å². The van der Waals surface area contributed by atoms with E-state index in [-0.39, 0.29) is 0 Å². The molecule has 0 atom stereocenters. The van der Waals surface area contributed by atoms with Crippen molar-refractivity contribution in [3.8, 4) is 5.75 Å². The van der Waals surface area contributed by atoms with Crippen LogP contribution in [0.4, 0.5) is 5.69 Å². The van der Waals surface area contributed by atoms with Gasteiger partial charge in [-0.15, -0.1) is 0 Å². The normalized spacial score (nSPS) is 11.2. The topological polar surface area (TPSA) is 55.4 Å². The van der Waals surface area contributed by atoms with Gasteiger partial charge in [0.25, 0.3) is 0 Å². The summed E-state index contributed by atoms with van der Waals surface area (Å²) >= 11 is 0. The third-order valence-electron chi connectivity index (χ3n) is 3.25. The molecule has 0 amide bonds. The first-order valence-electron chi connectivity index (χ1n) is 6.57. The molecule has 0 bridgehead atoms. The molecule has 0 aliphatic rings. The summed E-state index contributed by atoms with van der Waals surface area (Å²) in [5.41, 5.74) is 2.89. The first-order valence-corrected chi connectivity index (χ1v) is 8.47. The lowest BCUT2D eigenvalue weighted by Gasteiger charge is -2.12. The first kappa shape index (κ1) is 15.4. The van der Waals surface area contributed by atoms with Gasteiger partial charge in [-0.1, -0.05) is 18.2 Å². The summed E-state index contributed by atoms with van der Waals surface area (Å²) in [7, 11) is -1.56. The molecule has 5 heteroatoms. The largest absolute Gasteiger partial charge is 0.497 e. The van der Waals surface area contributed by atoms with E-state index in [1.54, 1.807) is 19.2 Å². The molecule has 0 heterocycles. The fourth-order valence-electron chi connectivity index (χ4n) is 2.00. The van der Waals surface area contributed by atoms with E-state index in [1.807, 2.05) is 37.3 Å². The number of rotatable bonds is 5. The summed E-state index contributed by atoms with van der Waals surface area (Å²) < 4.78 is 28.4. The Hall–Kier alpha value is -2.01. The standard InChI is InChI=1S/C16H19NO3S/c1-12-7-8-15(21(3,18)19)10-16(12)17-11-13-5-4-6-14(9-13)20-2/h4-10,17H,11H2,1-3H3. The second kappa shape index (κ2) is 6.18. The van der Waals surface area contributed by atoms with E-state index in [1.165, 1.54) is 6.26 Å². The number of anilines is 1. The molecule has 2 aromatic rings. The lowest BCUT2D eigenvalue weighted by Crippen LogP contribution is -2.04. The Morgan fingerprint density at radius 2 is 1.90 bits per heavy atom. The zero-order valence-electron chi connectivity index (χ0n) is 12.4. The Kier molecular flexibility index (Phi) is 4.53. The van der Waals surface area contributed by atoms with Crippen LogP contribution in [0.25, 0.3) is 0 Å². The molecular formula is C16H19NO3S. The molecular weight excluding hydrogens is 286 g/mol. The highest BCUT2D eigenvalue weighted by molar-refractivity contribution is 7.90. The predicted molar refractivity (Wildman–Crippen MR) is 84.6 cm³/mol. The zero-order valence-corrected chi connectivity index (χ0v) is 13.2. The SMILES string of the molecule is COc1cccc(CNc2cc(S(C)(=O)=O)ccc2C)c1. The summed E-state index contributed by atoms with van der Waals surface area (Å²) in [6.45, 7) is 2.55. The van der Waals surface area contributed by atoms with E-state index >= 15 is 0 Å². The zero-order chi connectivity index (χ0) is 15.5. The minimum atomic E-state index is -3.20. The van der Waals surface area contributed by atoms with Crippen molar-refractivity contribution in [2.75, 3.05) is 18.7 Å². The maximum Gasteiger partial charge on any atom is 0.175 e. The van der Waals surface area contributed by atoms with E-state index < -0.39 is 9.84 Å². The van der Waals surface area contributed by atoms with Crippen LogP contribution in [0.15, 0.2) is 47.4 Å². The second-order valence-corrected chi connectivity index (χ2v) is 6.97. The quantitative estimate of drug-likeness (QED) is 0.922. The Labute approximate surface area is 125 Å². The molecule has 0 fully saturated rings. The summed E-state index contributed by atoms with van der Waals surface area (Å²) in [6.07, 6.45) is 1.21. The van der Waals surface area contributed by atoms with Gasteiger partial charge in [-0.25, -0.2) is 8.42 Å². The minimum Gasteiger partial charge on any atom is -0.497 e. The highest BCUT2D eigenvalue weighted by atomic mass is 32.2. The third-order valence-corrected chi connectivity index (χ3v) is 4.36. The highest BCUT2D eigenvalue weighted by Gasteiger charge is 2.09. The number of aryl methyl sites for hydroxylation is 1. The molecule has 0 saturated carbocycles. The van der Waals surface area contributed by atoms with Crippen molar-refractivity contribution in [1.82, 2.24) is 0 Å². The molecule has 0 aliphatic carbocycles. The smallest absolute Gasteiger partial charge is 0.175 e. The number of hydrogen-bond acceptors (Lipinski definition) is 4. The number of methoxy groups -OCH3 is 1. The highest BCUT2D eigenvalue weighted by Crippen LogP contribution is 2.21. The predicted octanol–water partition coefficient (Wildman–Crippen LogP) is 3.02. The van der Waals surface area contributed by atoms with E-state index in [4.69, 9.17) is 4.74 Å². The van der Waals surface area contributed by atoms with Crippen molar-refractivity contribution < 1.29 is 13.2 Å². The van der Waals surface area contributed by atoms with Gasteiger partial charge in [0, 0.05) is 18.5 Å².